The average molecular weight is 474 g/mol. The summed E-state index contributed by atoms with van der Waals surface area (Å²) in [6.07, 6.45) is -0.0879. The van der Waals surface area contributed by atoms with Gasteiger partial charge in [0, 0.05) is 15.7 Å². The van der Waals surface area contributed by atoms with Crippen molar-refractivity contribution < 1.29 is 31.9 Å². The van der Waals surface area contributed by atoms with Crippen LogP contribution >= 0.6 is 15.9 Å². The number of anilines is 1. The van der Waals surface area contributed by atoms with E-state index in [1.54, 1.807) is 6.07 Å². The molecule has 1 atom stereocenters. The van der Waals surface area contributed by atoms with E-state index >= 15 is 0 Å². The first kappa shape index (κ1) is 21.8. The van der Waals surface area contributed by atoms with Crippen LogP contribution in [0.5, 0.6) is 5.75 Å². The summed E-state index contributed by atoms with van der Waals surface area (Å²) in [6.45, 7) is 0.830. The average Bonchev–Trinajstić information content (AvgIpc) is 2.59. The molecule has 2 rings (SSSR count). The first-order valence-corrected chi connectivity index (χ1v) is 10.6. The van der Waals surface area contributed by atoms with E-state index in [0.29, 0.717) is 10.2 Å². The van der Waals surface area contributed by atoms with E-state index in [9.17, 15) is 22.4 Å². The number of hydrogen-bond donors (Lipinski definition) is 1. The SMILES string of the molecule is CC(OC(=O)COc1ccc(Br)cc1F)C(=O)c1ccc(NS(C)(=O)=O)cc1. The van der Waals surface area contributed by atoms with Gasteiger partial charge in [0.2, 0.25) is 15.8 Å². The molecule has 0 heterocycles. The molecule has 0 saturated heterocycles. The Morgan fingerprint density at radius 1 is 1.18 bits per heavy atom. The van der Waals surface area contributed by atoms with Crippen LogP contribution < -0.4 is 9.46 Å². The quantitative estimate of drug-likeness (QED) is 0.466. The molecule has 1 N–H and O–H groups in total. The van der Waals surface area contributed by atoms with Gasteiger partial charge in [-0.2, -0.15) is 0 Å². The van der Waals surface area contributed by atoms with Crippen molar-refractivity contribution in [2.75, 3.05) is 17.6 Å². The van der Waals surface area contributed by atoms with Gasteiger partial charge >= 0.3 is 5.97 Å². The summed E-state index contributed by atoms with van der Waals surface area (Å²) in [5.74, 6) is -2.07. The van der Waals surface area contributed by atoms with E-state index < -0.39 is 40.3 Å². The Morgan fingerprint density at radius 2 is 1.82 bits per heavy atom. The summed E-state index contributed by atoms with van der Waals surface area (Å²) in [5.41, 5.74) is 0.535. The number of sulfonamides is 1. The van der Waals surface area contributed by atoms with Crippen LogP contribution in [0.4, 0.5) is 10.1 Å². The number of benzene rings is 2. The van der Waals surface area contributed by atoms with Crippen LogP contribution in [0.2, 0.25) is 0 Å². The van der Waals surface area contributed by atoms with E-state index in [1.807, 2.05) is 0 Å². The van der Waals surface area contributed by atoms with Crippen LogP contribution in [-0.4, -0.2) is 39.1 Å². The largest absolute Gasteiger partial charge is 0.479 e. The summed E-state index contributed by atoms with van der Waals surface area (Å²) in [6, 6.07) is 9.76. The number of halogens is 2. The maximum absolute atomic E-state index is 13.6. The Bertz CT molecular complexity index is 978. The minimum Gasteiger partial charge on any atom is -0.479 e. The molecule has 0 aliphatic heterocycles. The van der Waals surface area contributed by atoms with E-state index in [1.165, 1.54) is 43.3 Å². The third-order valence-electron chi connectivity index (χ3n) is 3.39. The smallest absolute Gasteiger partial charge is 0.344 e. The highest BCUT2D eigenvalue weighted by atomic mass is 79.9. The molecule has 0 saturated carbocycles. The van der Waals surface area contributed by atoms with E-state index in [-0.39, 0.29) is 11.3 Å². The van der Waals surface area contributed by atoms with Crippen LogP contribution in [0.25, 0.3) is 0 Å². The number of rotatable bonds is 8. The van der Waals surface area contributed by atoms with Crippen LogP contribution in [0.3, 0.4) is 0 Å². The molecular formula is C18H17BrFNO6S. The normalized spacial score (nSPS) is 12.1. The molecule has 0 aliphatic carbocycles. The molecule has 0 aromatic heterocycles. The first-order valence-electron chi connectivity index (χ1n) is 7.94. The molecule has 2 aromatic carbocycles. The van der Waals surface area contributed by atoms with Gasteiger partial charge in [0.05, 0.1) is 6.26 Å². The monoisotopic (exact) mass is 473 g/mol. The zero-order chi connectivity index (χ0) is 20.9. The predicted molar refractivity (Wildman–Crippen MR) is 104 cm³/mol. The molecule has 2 aromatic rings. The second-order valence-corrected chi connectivity index (χ2v) is 8.48. The molecule has 0 spiro atoms. The van der Waals surface area contributed by atoms with E-state index in [4.69, 9.17) is 9.47 Å². The van der Waals surface area contributed by atoms with Gasteiger partial charge in [-0.1, -0.05) is 15.9 Å². The van der Waals surface area contributed by atoms with Crippen molar-refractivity contribution in [3.63, 3.8) is 0 Å². The topological polar surface area (TPSA) is 98.8 Å². The number of esters is 1. The van der Waals surface area contributed by atoms with Gasteiger partial charge < -0.3 is 9.47 Å². The van der Waals surface area contributed by atoms with Gasteiger partial charge in [0.1, 0.15) is 0 Å². The standard InChI is InChI=1S/C18H17BrFNO6S/c1-11(18(23)12-3-6-14(7-4-12)21-28(2,24)25)27-17(22)10-26-16-8-5-13(19)9-15(16)20/h3-9,11,21H,10H2,1-2H3. The maximum atomic E-state index is 13.6. The molecule has 10 heteroatoms. The third-order valence-corrected chi connectivity index (χ3v) is 4.49. The molecule has 0 radical (unpaired) electrons. The molecule has 0 aliphatic rings. The molecule has 0 bridgehead atoms. The van der Waals surface area contributed by atoms with Crippen LogP contribution in [0, 0.1) is 5.82 Å². The molecule has 0 fully saturated rings. The van der Waals surface area contributed by atoms with Crippen molar-refractivity contribution in [3.05, 3.63) is 58.3 Å². The number of Topliss-reactive ketones (excluding diaryl/α,β-unsaturated/α-hetero) is 1. The molecule has 1 unspecified atom stereocenters. The van der Waals surface area contributed by atoms with Crippen LogP contribution in [0.1, 0.15) is 17.3 Å². The minimum absolute atomic E-state index is 0.118. The van der Waals surface area contributed by atoms with Crippen molar-refractivity contribution >= 4 is 43.4 Å². The summed E-state index contributed by atoms with van der Waals surface area (Å²) in [5, 5.41) is 0. The Balaban J connectivity index is 1.91. The van der Waals surface area contributed by atoms with Gasteiger partial charge in [-0.05, 0) is 49.4 Å². The van der Waals surface area contributed by atoms with Crippen molar-refractivity contribution in [1.82, 2.24) is 0 Å². The predicted octanol–water partition coefficient (Wildman–Crippen LogP) is 3.15. The summed E-state index contributed by atoms with van der Waals surface area (Å²) >= 11 is 3.11. The molecular weight excluding hydrogens is 457 g/mol. The Morgan fingerprint density at radius 3 is 2.39 bits per heavy atom. The Kier molecular flexibility index (Phi) is 7.14. The Labute approximate surface area is 170 Å². The second kappa shape index (κ2) is 9.16. The lowest BCUT2D eigenvalue weighted by Gasteiger charge is -2.13. The zero-order valence-electron chi connectivity index (χ0n) is 14.9. The Hall–Kier alpha value is -2.46. The molecule has 7 nitrogen and oxygen atoms in total. The number of carbonyl (C=O) groups is 2. The minimum atomic E-state index is -3.42. The lowest BCUT2D eigenvalue weighted by Crippen LogP contribution is -2.27. The third kappa shape index (κ3) is 6.61. The fourth-order valence-corrected chi connectivity index (χ4v) is 3.06. The van der Waals surface area contributed by atoms with Crippen molar-refractivity contribution in [3.8, 4) is 5.75 Å². The number of ether oxygens (including phenoxy) is 2. The van der Waals surface area contributed by atoms with E-state index in [0.717, 1.165) is 6.26 Å². The highest BCUT2D eigenvalue weighted by molar-refractivity contribution is 9.10. The number of hydrogen-bond acceptors (Lipinski definition) is 6. The van der Waals surface area contributed by atoms with Crippen LogP contribution in [0.15, 0.2) is 46.9 Å². The summed E-state index contributed by atoms with van der Waals surface area (Å²) < 4.78 is 48.9. The molecule has 150 valence electrons. The van der Waals surface area contributed by atoms with Crippen molar-refractivity contribution in [1.29, 1.82) is 0 Å². The summed E-state index contributed by atoms with van der Waals surface area (Å²) in [7, 11) is -3.42. The number of ketones is 1. The van der Waals surface area contributed by atoms with Crippen molar-refractivity contribution in [2.24, 2.45) is 0 Å². The van der Waals surface area contributed by atoms with Gasteiger partial charge in [-0.25, -0.2) is 17.6 Å². The lowest BCUT2D eigenvalue weighted by molar-refractivity contribution is -0.148. The zero-order valence-corrected chi connectivity index (χ0v) is 17.3. The van der Waals surface area contributed by atoms with Gasteiger partial charge in [0.15, 0.2) is 24.3 Å². The summed E-state index contributed by atoms with van der Waals surface area (Å²) in [4.78, 5) is 24.2. The number of nitrogens with one attached hydrogen (secondary N) is 1. The highest BCUT2D eigenvalue weighted by Crippen LogP contribution is 2.21. The maximum Gasteiger partial charge on any atom is 0.344 e. The fraction of sp³-hybridized carbons (Fsp3) is 0.222. The fourth-order valence-electron chi connectivity index (χ4n) is 2.16. The lowest BCUT2D eigenvalue weighted by atomic mass is 10.1. The van der Waals surface area contributed by atoms with Gasteiger partial charge in [-0.15, -0.1) is 0 Å². The van der Waals surface area contributed by atoms with Crippen molar-refractivity contribution in [2.45, 2.75) is 13.0 Å². The van der Waals surface area contributed by atoms with E-state index in [2.05, 4.69) is 20.7 Å². The molecule has 0 amide bonds. The highest BCUT2D eigenvalue weighted by Gasteiger charge is 2.20. The first-order chi connectivity index (χ1) is 13.0. The second-order valence-electron chi connectivity index (χ2n) is 5.81. The molecule has 28 heavy (non-hydrogen) atoms. The number of carbonyl (C=O) groups excluding carboxylic acids is 2. The van der Waals surface area contributed by atoms with Gasteiger partial charge in [0.25, 0.3) is 0 Å². The van der Waals surface area contributed by atoms with Crippen LogP contribution in [-0.2, 0) is 19.6 Å². The van der Waals surface area contributed by atoms with Gasteiger partial charge in [-0.3, -0.25) is 9.52 Å².